The van der Waals surface area contributed by atoms with Crippen molar-refractivity contribution in [2.45, 2.75) is 0 Å². The summed E-state index contributed by atoms with van der Waals surface area (Å²) in [5, 5.41) is 8.80. The molecule has 0 aliphatic rings. The number of carbonyl (C=O) groups excluding carboxylic acids is 1. The van der Waals surface area contributed by atoms with Gasteiger partial charge in [-0.15, -0.1) is 0 Å². The number of benzene rings is 2. The average molecular weight is 246 g/mol. The van der Waals surface area contributed by atoms with E-state index in [0.717, 1.165) is 0 Å². The van der Waals surface area contributed by atoms with Gasteiger partial charge in [-0.1, -0.05) is 36.3 Å². The van der Waals surface area contributed by atoms with Crippen molar-refractivity contribution in [3.8, 4) is 17.9 Å². The van der Waals surface area contributed by atoms with Crippen LogP contribution in [0.25, 0.3) is 0 Å². The lowest BCUT2D eigenvalue weighted by Crippen LogP contribution is -1.95. The Balaban J connectivity index is 2.30. The first kappa shape index (κ1) is 12.4. The lowest BCUT2D eigenvalue weighted by molar-refractivity contribution is 0.105. The van der Waals surface area contributed by atoms with Crippen LogP contribution in [0, 0.1) is 23.2 Å². The van der Waals surface area contributed by atoms with Crippen molar-refractivity contribution in [2.24, 2.45) is 0 Å². The quantitative estimate of drug-likeness (QED) is 0.477. The molecule has 2 N–H and O–H groups in total. The van der Waals surface area contributed by atoms with Crippen LogP contribution in [0.3, 0.4) is 0 Å². The summed E-state index contributed by atoms with van der Waals surface area (Å²) in [6.45, 7) is 0. The molecule has 0 aromatic heterocycles. The summed E-state index contributed by atoms with van der Waals surface area (Å²) in [4.78, 5) is 11.8. The van der Waals surface area contributed by atoms with Gasteiger partial charge >= 0.3 is 0 Å². The first-order valence-corrected chi connectivity index (χ1v) is 5.62. The van der Waals surface area contributed by atoms with Gasteiger partial charge in [0, 0.05) is 16.8 Å². The van der Waals surface area contributed by atoms with E-state index in [1.54, 1.807) is 42.5 Å². The predicted octanol–water partition coefficient (Wildman–Crippen LogP) is 2.37. The van der Waals surface area contributed by atoms with Gasteiger partial charge in [-0.25, -0.2) is 0 Å². The van der Waals surface area contributed by atoms with Crippen LogP contribution in [0.2, 0.25) is 0 Å². The number of hydrogen-bond donors (Lipinski definition) is 1. The number of carbonyl (C=O) groups is 1. The first-order chi connectivity index (χ1) is 9.20. The molecule has 0 atom stereocenters. The monoisotopic (exact) mass is 246 g/mol. The van der Waals surface area contributed by atoms with E-state index in [9.17, 15) is 4.79 Å². The van der Waals surface area contributed by atoms with Crippen molar-refractivity contribution >= 4 is 11.5 Å². The molecule has 0 bridgehead atoms. The number of Topliss-reactive ketones (excluding diaryl/α,β-unsaturated/α-hetero) is 1. The van der Waals surface area contributed by atoms with Gasteiger partial charge in [0.15, 0.2) is 0 Å². The van der Waals surface area contributed by atoms with Gasteiger partial charge in [-0.3, -0.25) is 4.79 Å². The lowest BCUT2D eigenvalue weighted by Gasteiger charge is -1.97. The van der Waals surface area contributed by atoms with E-state index in [1.807, 2.05) is 12.1 Å². The predicted molar refractivity (Wildman–Crippen MR) is 73.2 cm³/mol. The molecular weight excluding hydrogens is 236 g/mol. The summed E-state index contributed by atoms with van der Waals surface area (Å²) in [6, 6.07) is 15.6. The maximum absolute atomic E-state index is 11.8. The fourth-order valence-corrected chi connectivity index (χ4v) is 1.52. The number of hydrogen-bond acceptors (Lipinski definition) is 3. The topological polar surface area (TPSA) is 66.9 Å². The van der Waals surface area contributed by atoms with Gasteiger partial charge in [-0.05, 0) is 24.1 Å². The smallest absolute Gasteiger partial charge is 0.236 e. The van der Waals surface area contributed by atoms with E-state index in [2.05, 4.69) is 11.8 Å². The molecule has 0 radical (unpaired) electrons. The fourth-order valence-electron chi connectivity index (χ4n) is 1.52. The molecule has 0 aliphatic carbocycles. The molecule has 0 aliphatic heterocycles. The zero-order valence-corrected chi connectivity index (χ0v) is 10.1. The maximum Gasteiger partial charge on any atom is 0.236 e. The van der Waals surface area contributed by atoms with E-state index in [4.69, 9.17) is 11.0 Å². The summed E-state index contributed by atoms with van der Waals surface area (Å²) in [7, 11) is 0. The molecule has 90 valence electrons. The molecule has 2 aromatic rings. The maximum atomic E-state index is 11.8. The van der Waals surface area contributed by atoms with Gasteiger partial charge < -0.3 is 5.73 Å². The van der Waals surface area contributed by atoms with Gasteiger partial charge in [0.1, 0.15) is 0 Å². The molecule has 19 heavy (non-hydrogen) atoms. The van der Waals surface area contributed by atoms with E-state index in [-0.39, 0.29) is 5.78 Å². The Labute approximate surface area is 111 Å². The molecule has 3 heteroatoms. The van der Waals surface area contributed by atoms with Crippen LogP contribution >= 0.6 is 0 Å². The summed E-state index contributed by atoms with van der Waals surface area (Å²) in [5.41, 5.74) is 7.68. The molecule has 0 fully saturated rings. The molecule has 2 aromatic carbocycles. The second kappa shape index (κ2) is 5.53. The minimum atomic E-state index is -0.276. The minimum absolute atomic E-state index is 0.276. The van der Waals surface area contributed by atoms with Gasteiger partial charge in [0.25, 0.3) is 0 Å². The standard InChI is InChI=1S/C16H10N2O/c17-11-12-6-8-15(18)14(10-12)7-9-16(19)13-4-2-1-3-5-13/h1-6,8,10H,18H2. The molecule has 0 heterocycles. The molecule has 0 amide bonds. The second-order valence-corrected chi connectivity index (χ2v) is 3.86. The number of ketones is 1. The van der Waals surface area contributed by atoms with Crippen molar-refractivity contribution in [3.63, 3.8) is 0 Å². The summed E-state index contributed by atoms with van der Waals surface area (Å²) < 4.78 is 0. The van der Waals surface area contributed by atoms with E-state index >= 15 is 0 Å². The van der Waals surface area contributed by atoms with Gasteiger partial charge in [-0.2, -0.15) is 5.26 Å². The molecular formula is C16H10N2O. The fraction of sp³-hybridized carbons (Fsp3) is 0. The molecule has 0 spiro atoms. The van der Waals surface area contributed by atoms with Crippen LogP contribution in [0.15, 0.2) is 48.5 Å². The van der Waals surface area contributed by atoms with Crippen molar-refractivity contribution < 1.29 is 4.79 Å². The molecule has 0 saturated carbocycles. The van der Waals surface area contributed by atoms with E-state index in [1.165, 1.54) is 0 Å². The number of anilines is 1. The number of nitrogen functional groups attached to an aromatic ring is 1. The van der Waals surface area contributed by atoms with Crippen LogP contribution in [-0.2, 0) is 0 Å². The third kappa shape index (κ3) is 3.00. The molecule has 0 saturated heterocycles. The van der Waals surface area contributed by atoms with Gasteiger partial charge in [0.05, 0.1) is 11.6 Å². The van der Waals surface area contributed by atoms with Crippen molar-refractivity contribution in [2.75, 3.05) is 5.73 Å². The zero-order valence-electron chi connectivity index (χ0n) is 10.1. The summed E-state index contributed by atoms with van der Waals surface area (Å²) in [5.74, 6) is 4.96. The Bertz CT molecular complexity index is 716. The third-order valence-corrected chi connectivity index (χ3v) is 2.53. The Hall–Kier alpha value is -3.04. The minimum Gasteiger partial charge on any atom is -0.398 e. The number of rotatable bonds is 1. The zero-order chi connectivity index (χ0) is 13.7. The largest absolute Gasteiger partial charge is 0.398 e. The van der Waals surface area contributed by atoms with Gasteiger partial charge in [0.2, 0.25) is 5.78 Å². The van der Waals surface area contributed by atoms with Crippen LogP contribution in [0.4, 0.5) is 5.69 Å². The second-order valence-electron chi connectivity index (χ2n) is 3.86. The Morgan fingerprint density at radius 3 is 2.53 bits per heavy atom. The Morgan fingerprint density at radius 2 is 1.84 bits per heavy atom. The highest BCUT2D eigenvalue weighted by Gasteiger charge is 2.01. The highest BCUT2D eigenvalue weighted by Crippen LogP contribution is 2.12. The molecule has 0 unspecified atom stereocenters. The van der Waals surface area contributed by atoms with Crippen LogP contribution in [-0.4, -0.2) is 5.78 Å². The highest BCUT2D eigenvalue weighted by molar-refractivity contribution is 6.09. The lowest BCUT2D eigenvalue weighted by atomic mass is 10.1. The van der Waals surface area contributed by atoms with E-state index < -0.39 is 0 Å². The van der Waals surface area contributed by atoms with Crippen LogP contribution in [0.1, 0.15) is 21.5 Å². The highest BCUT2D eigenvalue weighted by atomic mass is 16.1. The average Bonchev–Trinajstić information content (AvgIpc) is 2.47. The third-order valence-electron chi connectivity index (χ3n) is 2.53. The Morgan fingerprint density at radius 1 is 1.11 bits per heavy atom. The normalized spacial score (nSPS) is 9.00. The first-order valence-electron chi connectivity index (χ1n) is 5.62. The summed E-state index contributed by atoms with van der Waals surface area (Å²) in [6.07, 6.45) is 0. The van der Waals surface area contributed by atoms with Crippen molar-refractivity contribution in [1.82, 2.24) is 0 Å². The van der Waals surface area contributed by atoms with Crippen molar-refractivity contribution in [1.29, 1.82) is 5.26 Å². The number of nitrogens with zero attached hydrogens (tertiary/aromatic N) is 1. The van der Waals surface area contributed by atoms with E-state index in [0.29, 0.717) is 22.4 Å². The molecule has 2 rings (SSSR count). The number of nitrogens with two attached hydrogens (primary N) is 1. The number of nitriles is 1. The van der Waals surface area contributed by atoms with Crippen LogP contribution < -0.4 is 5.73 Å². The van der Waals surface area contributed by atoms with Crippen LogP contribution in [0.5, 0.6) is 0 Å². The molecule has 3 nitrogen and oxygen atoms in total. The Kier molecular flexibility index (Phi) is 3.61. The van der Waals surface area contributed by atoms with Crippen molar-refractivity contribution in [3.05, 3.63) is 65.2 Å². The summed E-state index contributed by atoms with van der Waals surface area (Å²) >= 11 is 0. The SMILES string of the molecule is N#Cc1ccc(N)c(C#CC(=O)c2ccccc2)c1.